The fraction of sp³-hybridized carbons (Fsp3) is 0.500. The van der Waals surface area contributed by atoms with E-state index in [1.165, 1.54) is 6.42 Å². The van der Waals surface area contributed by atoms with E-state index in [-0.39, 0.29) is 5.82 Å². The van der Waals surface area contributed by atoms with Gasteiger partial charge in [0.1, 0.15) is 5.82 Å². The maximum atomic E-state index is 13.3. The topological polar surface area (TPSA) is 15.3 Å². The highest BCUT2D eigenvalue weighted by Crippen LogP contribution is 2.18. The molecule has 0 spiro atoms. The minimum absolute atomic E-state index is 0.185. The lowest BCUT2D eigenvalue weighted by Gasteiger charge is -2.23. The van der Waals surface area contributed by atoms with Crippen molar-refractivity contribution >= 4 is 15.9 Å². The average Bonchev–Trinajstić information content (AvgIpc) is 2.77. The van der Waals surface area contributed by atoms with Crippen LogP contribution in [0.25, 0.3) is 0 Å². The molecule has 1 fully saturated rings. The highest BCUT2D eigenvalue weighted by molar-refractivity contribution is 9.10. The monoisotopic (exact) mass is 286 g/mol. The molecule has 1 N–H and O–H groups in total. The first-order chi connectivity index (χ1) is 7.66. The highest BCUT2D eigenvalue weighted by Gasteiger charge is 2.19. The fourth-order valence-electron chi connectivity index (χ4n) is 2.07. The second-order valence-electron chi connectivity index (χ2n) is 4.31. The first-order valence-electron chi connectivity index (χ1n) is 5.51. The number of halogens is 2. The van der Waals surface area contributed by atoms with E-state index in [0.717, 1.165) is 25.2 Å². The number of hydrogen-bond acceptors (Lipinski definition) is 2. The predicted molar refractivity (Wildman–Crippen MR) is 66.8 cm³/mol. The molecule has 16 heavy (non-hydrogen) atoms. The molecular weight excluding hydrogens is 271 g/mol. The summed E-state index contributed by atoms with van der Waals surface area (Å²) in [5.74, 6) is -0.185. The van der Waals surface area contributed by atoms with Crippen LogP contribution in [-0.4, -0.2) is 31.1 Å². The zero-order chi connectivity index (χ0) is 11.5. The predicted octanol–water partition coefficient (Wildman–Crippen LogP) is 2.38. The molecule has 1 aliphatic heterocycles. The normalized spacial score (nSPS) is 20.6. The van der Waals surface area contributed by atoms with Crippen molar-refractivity contribution in [1.82, 2.24) is 10.2 Å². The Bertz CT molecular complexity index is 364. The number of benzene rings is 1. The summed E-state index contributed by atoms with van der Waals surface area (Å²) in [6.45, 7) is 2.93. The Morgan fingerprint density at radius 1 is 1.56 bits per heavy atom. The van der Waals surface area contributed by atoms with Crippen LogP contribution >= 0.6 is 15.9 Å². The molecule has 1 heterocycles. The molecule has 0 saturated carbocycles. The Morgan fingerprint density at radius 3 is 3.00 bits per heavy atom. The van der Waals surface area contributed by atoms with Gasteiger partial charge in [-0.25, -0.2) is 4.39 Å². The molecular formula is C12H16BrFN2. The van der Waals surface area contributed by atoms with Gasteiger partial charge < -0.3 is 5.32 Å². The fourth-order valence-corrected chi connectivity index (χ4v) is 2.32. The van der Waals surface area contributed by atoms with Gasteiger partial charge in [-0.15, -0.1) is 0 Å². The third-order valence-corrected chi connectivity index (χ3v) is 3.72. The van der Waals surface area contributed by atoms with Gasteiger partial charge in [0.25, 0.3) is 0 Å². The van der Waals surface area contributed by atoms with Crippen LogP contribution in [0.1, 0.15) is 12.0 Å². The summed E-state index contributed by atoms with van der Waals surface area (Å²) in [7, 11) is 2.09. The molecule has 0 bridgehead atoms. The number of nitrogens with one attached hydrogen (secondary N) is 1. The number of nitrogens with zero attached hydrogens (tertiary/aromatic N) is 1. The van der Waals surface area contributed by atoms with Crippen molar-refractivity contribution in [3.8, 4) is 0 Å². The Kier molecular flexibility index (Phi) is 3.95. The molecule has 0 aliphatic carbocycles. The summed E-state index contributed by atoms with van der Waals surface area (Å²) in [5.41, 5.74) is 1.02. The molecule has 1 atom stereocenters. The standard InChI is InChI=1S/C12H16BrFN2/c1-16(10-4-5-15-7-10)8-9-2-3-11(13)12(14)6-9/h2-3,6,10,15H,4-5,7-8H2,1H3. The zero-order valence-electron chi connectivity index (χ0n) is 9.34. The van der Waals surface area contributed by atoms with Crippen LogP contribution in [-0.2, 0) is 6.54 Å². The van der Waals surface area contributed by atoms with Crippen molar-refractivity contribution in [3.05, 3.63) is 34.1 Å². The summed E-state index contributed by atoms with van der Waals surface area (Å²) < 4.78 is 13.9. The van der Waals surface area contributed by atoms with Crippen molar-refractivity contribution in [1.29, 1.82) is 0 Å². The first kappa shape index (κ1) is 12.0. The molecule has 88 valence electrons. The molecule has 1 saturated heterocycles. The molecule has 0 aromatic heterocycles. The van der Waals surface area contributed by atoms with Gasteiger partial charge >= 0.3 is 0 Å². The van der Waals surface area contributed by atoms with E-state index >= 15 is 0 Å². The Hall–Kier alpha value is -0.450. The molecule has 0 amide bonds. The van der Waals surface area contributed by atoms with E-state index < -0.39 is 0 Å². The molecule has 2 rings (SSSR count). The lowest BCUT2D eigenvalue weighted by Crippen LogP contribution is -2.32. The van der Waals surface area contributed by atoms with Crippen LogP contribution in [0.5, 0.6) is 0 Å². The highest BCUT2D eigenvalue weighted by atomic mass is 79.9. The van der Waals surface area contributed by atoms with Crippen molar-refractivity contribution < 1.29 is 4.39 Å². The van der Waals surface area contributed by atoms with Crippen molar-refractivity contribution in [3.63, 3.8) is 0 Å². The summed E-state index contributed by atoms with van der Waals surface area (Å²) in [4.78, 5) is 2.28. The second-order valence-corrected chi connectivity index (χ2v) is 5.16. The SMILES string of the molecule is CN(Cc1ccc(Br)c(F)c1)C1CCNC1. The summed E-state index contributed by atoms with van der Waals surface area (Å²) in [6.07, 6.45) is 1.18. The van der Waals surface area contributed by atoms with Crippen LogP contribution < -0.4 is 5.32 Å². The minimum atomic E-state index is -0.185. The van der Waals surface area contributed by atoms with Gasteiger partial charge in [-0.3, -0.25) is 4.90 Å². The molecule has 1 aliphatic rings. The second kappa shape index (κ2) is 5.25. The van der Waals surface area contributed by atoms with Gasteiger partial charge in [0, 0.05) is 19.1 Å². The van der Waals surface area contributed by atoms with Crippen molar-refractivity contribution in [2.45, 2.75) is 19.0 Å². The van der Waals surface area contributed by atoms with E-state index in [1.54, 1.807) is 12.1 Å². The van der Waals surface area contributed by atoms with Crippen molar-refractivity contribution in [2.75, 3.05) is 20.1 Å². The van der Waals surface area contributed by atoms with Crippen molar-refractivity contribution in [2.24, 2.45) is 0 Å². The number of hydrogen-bond donors (Lipinski definition) is 1. The van der Waals surface area contributed by atoms with Gasteiger partial charge in [0.15, 0.2) is 0 Å². The van der Waals surface area contributed by atoms with Crippen LogP contribution in [0.15, 0.2) is 22.7 Å². The quantitative estimate of drug-likeness (QED) is 0.918. The van der Waals surface area contributed by atoms with Gasteiger partial charge in [-0.2, -0.15) is 0 Å². The van der Waals surface area contributed by atoms with Crippen LogP contribution in [0, 0.1) is 5.82 Å². The molecule has 1 aromatic carbocycles. The van der Waals surface area contributed by atoms with E-state index in [9.17, 15) is 4.39 Å². The average molecular weight is 287 g/mol. The number of likely N-dealkylation sites (N-methyl/N-ethyl adjacent to an activating group) is 1. The molecule has 4 heteroatoms. The molecule has 1 aromatic rings. The van der Waals surface area contributed by atoms with Gasteiger partial charge in [0.2, 0.25) is 0 Å². The van der Waals surface area contributed by atoms with Gasteiger partial charge in [-0.1, -0.05) is 6.07 Å². The maximum absolute atomic E-state index is 13.3. The molecule has 1 unspecified atom stereocenters. The smallest absolute Gasteiger partial charge is 0.137 e. The first-order valence-corrected chi connectivity index (χ1v) is 6.31. The Balaban J connectivity index is 1.99. The Morgan fingerprint density at radius 2 is 2.38 bits per heavy atom. The van der Waals surface area contributed by atoms with Crippen LogP contribution in [0.3, 0.4) is 0 Å². The lowest BCUT2D eigenvalue weighted by atomic mass is 10.1. The molecule has 2 nitrogen and oxygen atoms in total. The van der Waals surface area contributed by atoms with E-state index in [4.69, 9.17) is 0 Å². The summed E-state index contributed by atoms with van der Waals surface area (Å²) in [5, 5.41) is 3.34. The molecule has 0 radical (unpaired) electrons. The van der Waals surface area contributed by atoms with Crippen LogP contribution in [0.4, 0.5) is 4.39 Å². The minimum Gasteiger partial charge on any atom is -0.315 e. The maximum Gasteiger partial charge on any atom is 0.137 e. The third kappa shape index (κ3) is 2.81. The summed E-state index contributed by atoms with van der Waals surface area (Å²) >= 11 is 3.16. The summed E-state index contributed by atoms with van der Waals surface area (Å²) in [6, 6.07) is 5.91. The van der Waals surface area contributed by atoms with E-state index in [0.29, 0.717) is 10.5 Å². The van der Waals surface area contributed by atoms with Gasteiger partial charge in [0.05, 0.1) is 4.47 Å². The van der Waals surface area contributed by atoms with E-state index in [2.05, 4.69) is 33.2 Å². The number of rotatable bonds is 3. The lowest BCUT2D eigenvalue weighted by molar-refractivity contribution is 0.248. The zero-order valence-corrected chi connectivity index (χ0v) is 10.9. The van der Waals surface area contributed by atoms with E-state index in [1.807, 2.05) is 6.07 Å². The van der Waals surface area contributed by atoms with Crippen LogP contribution in [0.2, 0.25) is 0 Å². The third-order valence-electron chi connectivity index (χ3n) is 3.07. The largest absolute Gasteiger partial charge is 0.315 e. The van der Waals surface area contributed by atoms with Gasteiger partial charge in [-0.05, 0) is 53.6 Å². The Labute approximate surface area is 104 Å².